The number of benzene rings is 2. The number of H-pyrrole nitrogens is 1. The number of aliphatic hydroxyl groups is 1. The van der Waals surface area contributed by atoms with Gasteiger partial charge in [-0.05, 0) is 35.4 Å². The molecule has 3 aromatic rings. The zero-order valence-electron chi connectivity index (χ0n) is 19.6. The van der Waals surface area contributed by atoms with Crippen LogP contribution in [0.1, 0.15) is 18.0 Å². The quantitative estimate of drug-likeness (QED) is 0.325. The van der Waals surface area contributed by atoms with E-state index in [0.29, 0.717) is 54.7 Å². The molecule has 1 fully saturated rings. The van der Waals surface area contributed by atoms with Crippen molar-refractivity contribution in [2.45, 2.75) is 12.5 Å². The van der Waals surface area contributed by atoms with Gasteiger partial charge in [0.2, 0.25) is 5.91 Å². The van der Waals surface area contributed by atoms with Gasteiger partial charge in [0, 0.05) is 42.9 Å². The third-order valence-corrected chi connectivity index (χ3v) is 5.88. The number of nitrogens with zero attached hydrogens (tertiary/aromatic N) is 2. The molecule has 2 heterocycles. The van der Waals surface area contributed by atoms with Crippen LogP contribution >= 0.6 is 11.6 Å². The molecule has 1 aliphatic rings. The first-order valence-corrected chi connectivity index (χ1v) is 12.0. The van der Waals surface area contributed by atoms with E-state index in [0.717, 1.165) is 11.1 Å². The summed E-state index contributed by atoms with van der Waals surface area (Å²) in [4.78, 5) is 28.1. The van der Waals surface area contributed by atoms with Gasteiger partial charge in [0.1, 0.15) is 11.8 Å². The highest BCUT2D eigenvalue weighted by Crippen LogP contribution is 2.31. The van der Waals surface area contributed by atoms with Crippen molar-refractivity contribution in [1.82, 2.24) is 20.4 Å². The number of rotatable bonds is 9. The Kier molecular flexibility index (Phi) is 8.77. The molecule has 3 amide bonds. The highest BCUT2D eigenvalue weighted by atomic mass is 35.5. The minimum absolute atomic E-state index is 0.0182. The van der Waals surface area contributed by atoms with Gasteiger partial charge < -0.3 is 30.1 Å². The summed E-state index contributed by atoms with van der Waals surface area (Å²) >= 11 is 6.17. The van der Waals surface area contributed by atoms with Crippen LogP contribution in [-0.2, 0) is 9.53 Å². The van der Waals surface area contributed by atoms with Crippen LogP contribution in [0.2, 0.25) is 5.02 Å². The number of aromatic nitrogens is 2. The van der Waals surface area contributed by atoms with Crippen LogP contribution < -0.4 is 15.4 Å². The van der Waals surface area contributed by atoms with Gasteiger partial charge >= 0.3 is 6.03 Å². The highest BCUT2D eigenvalue weighted by molar-refractivity contribution is 6.30. The van der Waals surface area contributed by atoms with E-state index in [1.165, 1.54) is 0 Å². The minimum Gasteiger partial charge on any atom is -0.491 e. The molecule has 2 aromatic carbocycles. The van der Waals surface area contributed by atoms with Gasteiger partial charge in [0.25, 0.3) is 0 Å². The zero-order valence-corrected chi connectivity index (χ0v) is 20.3. The molecule has 1 aromatic heterocycles. The lowest BCUT2D eigenvalue weighted by Gasteiger charge is -2.31. The average molecular weight is 514 g/mol. The molecule has 190 valence electrons. The SMILES string of the molecule is O=C(Nc1ccc(-c2cn[nH]c2)cc1OCCCO)NC(C(=O)N1CCOCC1)c1cccc(Cl)c1. The van der Waals surface area contributed by atoms with Crippen molar-refractivity contribution in [3.63, 3.8) is 0 Å². The minimum atomic E-state index is -0.939. The van der Waals surface area contributed by atoms with Crippen LogP contribution in [0, 0.1) is 0 Å². The molecule has 0 bridgehead atoms. The number of ether oxygens (including phenoxy) is 2. The van der Waals surface area contributed by atoms with Crippen molar-refractivity contribution < 1.29 is 24.2 Å². The number of carbonyl (C=O) groups is 2. The molecule has 10 nitrogen and oxygen atoms in total. The largest absolute Gasteiger partial charge is 0.491 e. The Hall–Kier alpha value is -3.60. The summed E-state index contributed by atoms with van der Waals surface area (Å²) in [6.45, 7) is 2.02. The smallest absolute Gasteiger partial charge is 0.320 e. The van der Waals surface area contributed by atoms with Crippen molar-refractivity contribution in [2.75, 3.05) is 44.8 Å². The van der Waals surface area contributed by atoms with Crippen molar-refractivity contribution in [3.05, 3.63) is 65.4 Å². The summed E-state index contributed by atoms with van der Waals surface area (Å²) in [5.41, 5.74) is 2.69. The van der Waals surface area contributed by atoms with Crippen LogP contribution in [0.3, 0.4) is 0 Å². The number of hydrogen-bond acceptors (Lipinski definition) is 6. The molecule has 36 heavy (non-hydrogen) atoms. The number of hydrogen-bond donors (Lipinski definition) is 4. The van der Waals surface area contributed by atoms with E-state index in [4.69, 9.17) is 26.2 Å². The van der Waals surface area contributed by atoms with Crippen LogP contribution in [0.5, 0.6) is 5.75 Å². The first-order chi connectivity index (χ1) is 17.5. The molecular weight excluding hydrogens is 486 g/mol. The molecule has 1 atom stereocenters. The molecule has 0 spiro atoms. The lowest BCUT2D eigenvalue weighted by atomic mass is 10.1. The summed E-state index contributed by atoms with van der Waals surface area (Å²) in [6.07, 6.45) is 3.87. The molecule has 1 saturated heterocycles. The Morgan fingerprint density at radius 1 is 1.19 bits per heavy atom. The lowest BCUT2D eigenvalue weighted by molar-refractivity contribution is -0.137. The Bertz CT molecular complexity index is 1170. The normalized spacial score (nSPS) is 14.2. The second kappa shape index (κ2) is 12.4. The first-order valence-electron chi connectivity index (χ1n) is 11.6. The number of aliphatic hydroxyl groups excluding tert-OH is 1. The van der Waals surface area contributed by atoms with Gasteiger partial charge in [0.05, 0.1) is 31.7 Å². The fraction of sp³-hybridized carbons (Fsp3) is 0.320. The van der Waals surface area contributed by atoms with E-state index >= 15 is 0 Å². The Morgan fingerprint density at radius 3 is 2.75 bits per heavy atom. The Balaban J connectivity index is 1.54. The number of urea groups is 1. The van der Waals surface area contributed by atoms with Crippen molar-refractivity contribution in [1.29, 1.82) is 0 Å². The third-order valence-electron chi connectivity index (χ3n) is 5.65. The van der Waals surface area contributed by atoms with Gasteiger partial charge in [0.15, 0.2) is 0 Å². The molecule has 0 saturated carbocycles. The molecule has 4 rings (SSSR count). The summed E-state index contributed by atoms with van der Waals surface area (Å²) in [5.74, 6) is 0.182. The Labute approximate surface area is 213 Å². The molecule has 4 N–H and O–H groups in total. The van der Waals surface area contributed by atoms with E-state index < -0.39 is 12.1 Å². The average Bonchev–Trinajstić information content (AvgIpc) is 3.44. The molecule has 0 aliphatic carbocycles. The van der Waals surface area contributed by atoms with Gasteiger partial charge in [-0.2, -0.15) is 5.10 Å². The van der Waals surface area contributed by atoms with Gasteiger partial charge in [-0.1, -0.05) is 29.8 Å². The van der Waals surface area contributed by atoms with E-state index in [1.807, 2.05) is 6.07 Å². The summed E-state index contributed by atoms with van der Waals surface area (Å²) in [5, 5.41) is 21.9. The fourth-order valence-corrected chi connectivity index (χ4v) is 4.01. The Morgan fingerprint density at radius 2 is 2.03 bits per heavy atom. The lowest BCUT2D eigenvalue weighted by Crippen LogP contribution is -2.48. The van der Waals surface area contributed by atoms with Crippen LogP contribution in [0.4, 0.5) is 10.5 Å². The summed E-state index contributed by atoms with van der Waals surface area (Å²) < 4.78 is 11.2. The number of amides is 3. The van der Waals surface area contributed by atoms with Crippen molar-refractivity contribution >= 4 is 29.2 Å². The zero-order chi connectivity index (χ0) is 25.3. The van der Waals surface area contributed by atoms with E-state index in [-0.39, 0.29) is 19.1 Å². The molecule has 0 radical (unpaired) electrons. The summed E-state index contributed by atoms with van der Waals surface area (Å²) in [7, 11) is 0. The van der Waals surface area contributed by atoms with Crippen molar-refractivity contribution in [3.8, 4) is 16.9 Å². The second-order valence-electron chi connectivity index (χ2n) is 8.15. The van der Waals surface area contributed by atoms with E-state index in [1.54, 1.807) is 53.7 Å². The van der Waals surface area contributed by atoms with Crippen molar-refractivity contribution in [2.24, 2.45) is 0 Å². The van der Waals surface area contributed by atoms with Crippen LogP contribution in [0.25, 0.3) is 11.1 Å². The van der Waals surface area contributed by atoms with Gasteiger partial charge in [-0.25, -0.2) is 4.79 Å². The standard InChI is InChI=1S/C25H28ClN5O5/c26-20-4-1-3-18(13-20)23(24(33)31-7-11-35-12-8-31)30-25(34)29-21-6-5-17(19-15-27-28-16-19)14-22(21)36-10-2-9-32/h1,3-6,13-16,23,32H,2,7-12H2,(H,27,28)(H2,29,30,34). The highest BCUT2D eigenvalue weighted by Gasteiger charge is 2.29. The monoisotopic (exact) mass is 513 g/mol. The maximum absolute atomic E-state index is 13.3. The van der Waals surface area contributed by atoms with E-state index in [2.05, 4.69) is 20.8 Å². The maximum Gasteiger partial charge on any atom is 0.320 e. The summed E-state index contributed by atoms with van der Waals surface area (Å²) in [6, 6.07) is 10.7. The maximum atomic E-state index is 13.3. The predicted octanol–water partition coefficient (Wildman–Crippen LogP) is 3.21. The van der Waals surface area contributed by atoms with Crippen LogP contribution in [-0.4, -0.2) is 71.7 Å². The van der Waals surface area contributed by atoms with E-state index in [9.17, 15) is 9.59 Å². The molecule has 11 heteroatoms. The van der Waals surface area contributed by atoms with Crippen LogP contribution in [0.15, 0.2) is 54.9 Å². The number of anilines is 1. The van der Waals surface area contributed by atoms with Gasteiger partial charge in [-0.15, -0.1) is 0 Å². The predicted molar refractivity (Wildman–Crippen MR) is 135 cm³/mol. The van der Waals surface area contributed by atoms with Gasteiger partial charge in [-0.3, -0.25) is 9.89 Å². The fourth-order valence-electron chi connectivity index (χ4n) is 3.81. The number of halogens is 1. The molecule has 1 unspecified atom stereocenters. The molecule has 1 aliphatic heterocycles. The molecular formula is C25H28ClN5O5. The number of morpholine rings is 1. The number of aromatic amines is 1. The topological polar surface area (TPSA) is 129 Å². The second-order valence-corrected chi connectivity index (χ2v) is 8.58. The number of carbonyl (C=O) groups excluding carboxylic acids is 2. The first kappa shape index (κ1) is 25.5. The number of nitrogens with one attached hydrogen (secondary N) is 3. The third kappa shape index (κ3) is 6.54.